The summed E-state index contributed by atoms with van der Waals surface area (Å²) in [6.45, 7) is 6.76. The lowest BCUT2D eigenvalue weighted by Crippen LogP contribution is -2.37. The fraction of sp³-hybridized carbons (Fsp3) is 0.571. The molecule has 0 unspecified atom stereocenters. The number of hydrogen-bond donors (Lipinski definition) is 0. The fourth-order valence-corrected chi connectivity index (χ4v) is 2.19. The normalized spacial score (nSPS) is 19.4. The van der Waals surface area contributed by atoms with E-state index >= 15 is 0 Å². The van der Waals surface area contributed by atoms with Gasteiger partial charge in [0.15, 0.2) is 0 Å². The molecular formula is C14H20N2O2. The molecule has 0 bridgehead atoms. The minimum absolute atomic E-state index is 0.0851. The van der Waals surface area contributed by atoms with E-state index in [2.05, 4.69) is 25.8 Å². The number of aromatic nitrogens is 1. The Morgan fingerprint density at radius 3 is 2.94 bits per heavy atom. The Bertz CT molecular complexity index is 432. The number of amides is 1. The average molecular weight is 248 g/mol. The van der Waals surface area contributed by atoms with Crippen LogP contribution in [0.5, 0.6) is 0 Å². The summed E-state index contributed by atoms with van der Waals surface area (Å²) in [5.74, 6) is 1.07. The van der Waals surface area contributed by atoms with Crippen molar-refractivity contribution in [1.29, 1.82) is 0 Å². The Hall–Kier alpha value is -1.58. The van der Waals surface area contributed by atoms with Gasteiger partial charge in [0.05, 0.1) is 6.04 Å². The van der Waals surface area contributed by atoms with Gasteiger partial charge >= 0.3 is 6.09 Å². The molecule has 1 atom stereocenters. The second-order valence-corrected chi connectivity index (χ2v) is 5.00. The third-order valence-electron chi connectivity index (χ3n) is 3.22. The van der Waals surface area contributed by atoms with Crippen molar-refractivity contribution in [1.82, 2.24) is 4.98 Å². The van der Waals surface area contributed by atoms with Crippen molar-refractivity contribution in [2.24, 2.45) is 5.92 Å². The molecule has 1 saturated heterocycles. The van der Waals surface area contributed by atoms with Crippen molar-refractivity contribution in [2.45, 2.75) is 39.7 Å². The van der Waals surface area contributed by atoms with Crippen molar-refractivity contribution >= 4 is 11.9 Å². The van der Waals surface area contributed by atoms with Crippen LogP contribution in [-0.2, 0) is 11.2 Å². The van der Waals surface area contributed by atoms with E-state index < -0.39 is 0 Å². The first-order valence-corrected chi connectivity index (χ1v) is 6.55. The number of ether oxygens (including phenoxy) is 1. The van der Waals surface area contributed by atoms with Gasteiger partial charge < -0.3 is 4.74 Å². The van der Waals surface area contributed by atoms with E-state index in [-0.39, 0.29) is 12.1 Å². The third-order valence-corrected chi connectivity index (χ3v) is 3.22. The molecule has 0 saturated carbocycles. The summed E-state index contributed by atoms with van der Waals surface area (Å²) in [4.78, 5) is 18.1. The largest absolute Gasteiger partial charge is 0.447 e. The van der Waals surface area contributed by atoms with E-state index in [1.165, 1.54) is 0 Å². The summed E-state index contributed by atoms with van der Waals surface area (Å²) in [7, 11) is 0. The molecule has 98 valence electrons. The molecule has 2 heterocycles. The van der Waals surface area contributed by atoms with Gasteiger partial charge in [0.2, 0.25) is 0 Å². The summed E-state index contributed by atoms with van der Waals surface area (Å²) < 4.78 is 5.14. The summed E-state index contributed by atoms with van der Waals surface area (Å²) in [5, 5.41) is 0. The molecule has 0 aromatic carbocycles. The Kier molecular flexibility index (Phi) is 3.84. The number of nitrogens with zero attached hydrogens (tertiary/aromatic N) is 2. The van der Waals surface area contributed by atoms with Crippen LogP contribution in [0.15, 0.2) is 18.2 Å². The molecule has 1 fully saturated rings. The first-order chi connectivity index (χ1) is 8.63. The van der Waals surface area contributed by atoms with Crippen molar-refractivity contribution in [3.05, 3.63) is 23.9 Å². The van der Waals surface area contributed by atoms with E-state index in [1.807, 2.05) is 18.2 Å². The number of anilines is 1. The van der Waals surface area contributed by atoms with Crippen LogP contribution in [0.2, 0.25) is 0 Å². The van der Waals surface area contributed by atoms with Gasteiger partial charge in [0.1, 0.15) is 12.4 Å². The molecule has 0 aliphatic carbocycles. The molecular weight excluding hydrogens is 228 g/mol. The topological polar surface area (TPSA) is 42.4 Å². The maximum absolute atomic E-state index is 11.8. The molecule has 4 nitrogen and oxygen atoms in total. The third kappa shape index (κ3) is 2.47. The first kappa shape index (κ1) is 12.9. The lowest BCUT2D eigenvalue weighted by Gasteiger charge is -2.23. The molecule has 0 N–H and O–H groups in total. The molecule has 1 aliphatic rings. The maximum Gasteiger partial charge on any atom is 0.415 e. The van der Waals surface area contributed by atoms with Crippen LogP contribution in [-0.4, -0.2) is 23.7 Å². The average Bonchev–Trinajstić information content (AvgIpc) is 2.72. The van der Waals surface area contributed by atoms with E-state index in [1.54, 1.807) is 4.90 Å². The van der Waals surface area contributed by atoms with Gasteiger partial charge in [-0.05, 0) is 24.5 Å². The summed E-state index contributed by atoms with van der Waals surface area (Å²) in [6, 6.07) is 5.91. The van der Waals surface area contributed by atoms with Crippen molar-refractivity contribution in [3.8, 4) is 0 Å². The highest BCUT2D eigenvalue weighted by atomic mass is 16.6. The standard InChI is InChI=1S/C14H20N2O2/c1-4-6-11-7-5-8-13(15-11)16-12(10(2)3)9-18-14(16)17/h5,7-8,10,12H,4,6,9H2,1-3H3/t12-/m1/s1. The van der Waals surface area contributed by atoms with Gasteiger partial charge in [-0.25, -0.2) is 9.78 Å². The van der Waals surface area contributed by atoms with Gasteiger partial charge in [0, 0.05) is 5.69 Å². The first-order valence-electron chi connectivity index (χ1n) is 6.55. The summed E-state index contributed by atoms with van der Waals surface area (Å²) >= 11 is 0. The molecule has 18 heavy (non-hydrogen) atoms. The zero-order valence-electron chi connectivity index (χ0n) is 11.2. The predicted octanol–water partition coefficient (Wildman–Crippen LogP) is 3.02. The zero-order chi connectivity index (χ0) is 13.1. The van der Waals surface area contributed by atoms with Crippen molar-refractivity contribution < 1.29 is 9.53 Å². The highest BCUT2D eigenvalue weighted by Crippen LogP contribution is 2.25. The van der Waals surface area contributed by atoms with Crippen LogP contribution in [0.25, 0.3) is 0 Å². The second kappa shape index (κ2) is 5.38. The van der Waals surface area contributed by atoms with Gasteiger partial charge in [-0.2, -0.15) is 0 Å². The Morgan fingerprint density at radius 1 is 1.50 bits per heavy atom. The van der Waals surface area contributed by atoms with Crippen LogP contribution in [0, 0.1) is 5.92 Å². The highest BCUT2D eigenvalue weighted by molar-refractivity contribution is 5.89. The molecule has 0 radical (unpaired) electrons. The van der Waals surface area contributed by atoms with Gasteiger partial charge in [0.25, 0.3) is 0 Å². The lowest BCUT2D eigenvalue weighted by molar-refractivity contribution is 0.177. The van der Waals surface area contributed by atoms with Gasteiger partial charge in [-0.15, -0.1) is 0 Å². The molecule has 4 heteroatoms. The van der Waals surface area contributed by atoms with E-state index in [0.717, 1.165) is 18.5 Å². The Labute approximate surface area is 108 Å². The monoisotopic (exact) mass is 248 g/mol. The van der Waals surface area contributed by atoms with Crippen LogP contribution >= 0.6 is 0 Å². The Morgan fingerprint density at radius 2 is 2.28 bits per heavy atom. The lowest BCUT2D eigenvalue weighted by atomic mass is 10.0. The SMILES string of the molecule is CCCc1cccc(N2C(=O)OC[C@@H]2C(C)C)n1. The number of aryl methyl sites for hydroxylation is 1. The van der Waals surface area contributed by atoms with Gasteiger partial charge in [-0.3, -0.25) is 4.90 Å². The smallest absolute Gasteiger partial charge is 0.415 e. The second-order valence-electron chi connectivity index (χ2n) is 5.00. The maximum atomic E-state index is 11.8. The number of carbonyl (C=O) groups is 1. The van der Waals surface area contributed by atoms with E-state index in [4.69, 9.17) is 4.74 Å². The van der Waals surface area contributed by atoms with Crippen LogP contribution in [0.3, 0.4) is 0 Å². The predicted molar refractivity (Wildman–Crippen MR) is 70.7 cm³/mol. The summed E-state index contributed by atoms with van der Waals surface area (Å²) in [6.07, 6.45) is 1.70. The number of cyclic esters (lactones) is 1. The highest BCUT2D eigenvalue weighted by Gasteiger charge is 2.36. The molecule has 1 aromatic heterocycles. The van der Waals surface area contributed by atoms with Crippen LogP contribution < -0.4 is 4.90 Å². The summed E-state index contributed by atoms with van der Waals surface area (Å²) in [5.41, 5.74) is 1.03. The fourth-order valence-electron chi connectivity index (χ4n) is 2.19. The Balaban J connectivity index is 2.28. The van der Waals surface area contributed by atoms with Crippen LogP contribution in [0.1, 0.15) is 32.9 Å². The van der Waals surface area contributed by atoms with Crippen molar-refractivity contribution in [3.63, 3.8) is 0 Å². The molecule has 1 aliphatic heterocycles. The zero-order valence-corrected chi connectivity index (χ0v) is 11.2. The number of pyridine rings is 1. The minimum Gasteiger partial charge on any atom is -0.447 e. The van der Waals surface area contributed by atoms with Crippen LogP contribution in [0.4, 0.5) is 10.6 Å². The van der Waals surface area contributed by atoms with Gasteiger partial charge in [-0.1, -0.05) is 33.3 Å². The van der Waals surface area contributed by atoms with E-state index in [9.17, 15) is 4.79 Å². The molecule has 1 aromatic rings. The molecule has 2 rings (SSSR count). The number of hydrogen-bond acceptors (Lipinski definition) is 3. The molecule has 1 amide bonds. The molecule has 0 spiro atoms. The number of rotatable bonds is 4. The van der Waals surface area contributed by atoms with Crippen molar-refractivity contribution in [2.75, 3.05) is 11.5 Å². The number of carbonyl (C=O) groups excluding carboxylic acids is 1. The quantitative estimate of drug-likeness (QED) is 0.822. The minimum atomic E-state index is -0.283. The van der Waals surface area contributed by atoms with E-state index in [0.29, 0.717) is 18.3 Å².